The monoisotopic (exact) mass is 743 g/mol. The minimum Gasteiger partial charge on any atom is -0.453 e. The first kappa shape index (κ1) is 32.1. The molecular formula is C51H29N5O2. The zero-order chi connectivity index (χ0) is 38.3. The lowest BCUT2D eigenvalue weighted by Crippen LogP contribution is -2.16. The van der Waals surface area contributed by atoms with Crippen molar-refractivity contribution in [3.8, 4) is 34.1 Å². The quantitative estimate of drug-likeness (QED) is 0.102. The zero-order valence-corrected chi connectivity index (χ0v) is 30.8. The number of ether oxygens (including phenoxy) is 2. The Morgan fingerprint density at radius 3 is 1.29 bits per heavy atom. The summed E-state index contributed by atoms with van der Waals surface area (Å²) in [5.41, 5.74) is 11.8. The predicted octanol–water partition coefficient (Wildman–Crippen LogP) is 14.5. The fourth-order valence-electron chi connectivity index (χ4n) is 8.50. The van der Waals surface area contributed by atoms with E-state index in [9.17, 15) is 0 Å². The highest BCUT2D eigenvalue weighted by molar-refractivity contribution is 6.25. The van der Waals surface area contributed by atoms with Gasteiger partial charge in [0.1, 0.15) is 0 Å². The van der Waals surface area contributed by atoms with E-state index < -0.39 is 0 Å². The average Bonchev–Trinajstić information content (AvgIpc) is 3.29. The normalized spacial score (nSPS) is 12.7. The fraction of sp³-hybridized carbons (Fsp3) is 0. The largest absolute Gasteiger partial charge is 0.453 e. The van der Waals surface area contributed by atoms with Crippen LogP contribution in [0.25, 0.3) is 59.6 Å². The molecule has 0 atom stereocenters. The molecule has 2 aliphatic rings. The van der Waals surface area contributed by atoms with Gasteiger partial charge in [0, 0.05) is 22.1 Å². The van der Waals surface area contributed by atoms with Crippen molar-refractivity contribution in [3.63, 3.8) is 0 Å². The van der Waals surface area contributed by atoms with Crippen LogP contribution >= 0.6 is 0 Å². The molecule has 0 N–H and O–H groups in total. The maximum atomic E-state index is 7.38. The van der Waals surface area contributed by atoms with Crippen molar-refractivity contribution in [2.75, 3.05) is 9.80 Å². The summed E-state index contributed by atoms with van der Waals surface area (Å²) >= 11 is 0. The highest BCUT2D eigenvalue weighted by Gasteiger charge is 2.28. The molecule has 7 nitrogen and oxygen atoms in total. The van der Waals surface area contributed by atoms with Crippen LogP contribution in [-0.2, 0) is 0 Å². The minimum atomic E-state index is 0.613. The Hall–Kier alpha value is -8.21. The molecule has 0 saturated carbocycles. The molecule has 0 saturated heterocycles. The van der Waals surface area contributed by atoms with Gasteiger partial charge in [0.2, 0.25) is 0 Å². The fourth-order valence-corrected chi connectivity index (χ4v) is 8.50. The number of fused-ring (bicyclic) bond motifs is 11. The Morgan fingerprint density at radius 1 is 0.397 bits per heavy atom. The zero-order valence-electron chi connectivity index (χ0n) is 30.8. The summed E-state index contributed by atoms with van der Waals surface area (Å²) in [5.74, 6) is 3.20. The van der Waals surface area contributed by atoms with Crippen molar-refractivity contribution in [3.05, 3.63) is 187 Å². The van der Waals surface area contributed by atoms with Crippen LogP contribution in [0.1, 0.15) is 0 Å². The van der Waals surface area contributed by atoms with Crippen LogP contribution in [0.5, 0.6) is 23.0 Å². The van der Waals surface area contributed by atoms with Crippen LogP contribution in [0, 0.1) is 6.57 Å². The van der Waals surface area contributed by atoms with Gasteiger partial charge in [-0.25, -0.2) is 14.8 Å². The average molecular weight is 744 g/mol. The molecule has 12 rings (SSSR count). The molecule has 0 radical (unpaired) electrons. The van der Waals surface area contributed by atoms with E-state index in [1.807, 2.05) is 103 Å². The van der Waals surface area contributed by atoms with E-state index in [0.717, 1.165) is 112 Å². The molecule has 10 aromatic rings. The van der Waals surface area contributed by atoms with E-state index in [4.69, 9.17) is 26.0 Å². The number of aromatic nitrogens is 2. The molecule has 7 heteroatoms. The Bertz CT molecular complexity index is 3300. The lowest BCUT2D eigenvalue weighted by Gasteiger charge is -2.33. The van der Waals surface area contributed by atoms with E-state index in [1.54, 1.807) is 0 Å². The Balaban J connectivity index is 1.13. The smallest absolute Gasteiger partial charge is 0.187 e. The molecule has 9 aromatic carbocycles. The van der Waals surface area contributed by atoms with Gasteiger partial charge in [0.15, 0.2) is 28.7 Å². The number of hydrogen-bond acceptors (Lipinski definition) is 6. The van der Waals surface area contributed by atoms with Gasteiger partial charge in [-0.3, -0.25) is 0 Å². The molecule has 0 spiro atoms. The van der Waals surface area contributed by atoms with Gasteiger partial charge in [-0.1, -0.05) is 91.0 Å². The van der Waals surface area contributed by atoms with E-state index in [2.05, 4.69) is 87.4 Å². The third-order valence-electron chi connectivity index (χ3n) is 11.2. The molecule has 0 bridgehead atoms. The molecule has 0 amide bonds. The van der Waals surface area contributed by atoms with Crippen LogP contribution in [-0.4, -0.2) is 9.97 Å². The maximum absolute atomic E-state index is 7.38. The van der Waals surface area contributed by atoms with Gasteiger partial charge in [-0.15, -0.1) is 0 Å². The van der Waals surface area contributed by atoms with Gasteiger partial charge in [-0.05, 0) is 107 Å². The van der Waals surface area contributed by atoms with Crippen LogP contribution in [0.15, 0.2) is 176 Å². The molecule has 1 aromatic heterocycles. The van der Waals surface area contributed by atoms with Crippen LogP contribution in [0.3, 0.4) is 0 Å². The summed E-state index contributed by atoms with van der Waals surface area (Å²) < 4.78 is 12.8. The van der Waals surface area contributed by atoms with Gasteiger partial charge in [0.05, 0.1) is 51.4 Å². The maximum Gasteiger partial charge on any atom is 0.187 e. The van der Waals surface area contributed by atoms with Crippen molar-refractivity contribution >= 4 is 83.4 Å². The highest BCUT2D eigenvalue weighted by Crippen LogP contribution is 2.53. The number of benzene rings is 9. The lowest BCUT2D eigenvalue weighted by atomic mass is 9.97. The second-order valence-corrected chi connectivity index (χ2v) is 14.5. The number of para-hydroxylation sites is 8. The Kier molecular flexibility index (Phi) is 6.86. The molecule has 270 valence electrons. The van der Waals surface area contributed by atoms with Gasteiger partial charge in [0.25, 0.3) is 0 Å². The predicted molar refractivity (Wildman–Crippen MR) is 233 cm³/mol. The SMILES string of the molecule is [C-]#[N+]c1ccc(-c2ccc3nc4c5ccc(N6c7ccccc7Oc7ccccc76)cc5c5cc(N6c7ccccc7Oc7ccccc76)ccc5c4nc3c2)cc1. The molecule has 58 heavy (non-hydrogen) atoms. The van der Waals surface area contributed by atoms with Crippen LogP contribution < -0.4 is 19.3 Å². The van der Waals surface area contributed by atoms with Gasteiger partial charge >= 0.3 is 0 Å². The number of nitrogens with zero attached hydrogens (tertiary/aromatic N) is 5. The number of hydrogen-bond donors (Lipinski definition) is 0. The lowest BCUT2D eigenvalue weighted by molar-refractivity contribution is 0.477. The van der Waals surface area contributed by atoms with Gasteiger partial charge < -0.3 is 19.3 Å². The standard InChI is InChI=1S/C51H29N5O2/c1-52-33-21-18-31(19-22-33)32-20-27-40-41(28-32)54-51-37-26-24-35(56-44-12-4-8-16-48(44)58-49-17-9-5-13-45(49)56)30-39(37)38-29-34(23-25-36(38)50(51)53-40)55-42-10-2-6-14-46(42)57-47-15-7-3-11-43(47)55/h2-30H. The minimum absolute atomic E-state index is 0.613. The Morgan fingerprint density at radius 2 is 0.828 bits per heavy atom. The molecule has 3 heterocycles. The summed E-state index contributed by atoms with van der Waals surface area (Å²) in [6, 6.07) is 59.8. The molecule has 0 unspecified atom stereocenters. The summed E-state index contributed by atoms with van der Waals surface area (Å²) in [5, 5.41) is 4.12. The Labute approximate surface area is 333 Å². The number of anilines is 6. The first-order chi connectivity index (χ1) is 28.7. The highest BCUT2D eigenvalue weighted by atomic mass is 16.5. The van der Waals surface area contributed by atoms with Crippen LogP contribution in [0.4, 0.5) is 39.8 Å². The second kappa shape index (κ2) is 12.4. The third kappa shape index (κ3) is 4.86. The number of rotatable bonds is 3. The molecular weight excluding hydrogens is 715 g/mol. The summed E-state index contributed by atoms with van der Waals surface area (Å²) in [6.45, 7) is 7.38. The topological polar surface area (TPSA) is 55.1 Å². The molecule has 2 aliphatic heterocycles. The molecule has 0 aliphatic carbocycles. The summed E-state index contributed by atoms with van der Waals surface area (Å²) in [4.78, 5) is 18.9. The first-order valence-electron chi connectivity index (χ1n) is 19.1. The first-order valence-corrected chi connectivity index (χ1v) is 19.1. The van der Waals surface area contributed by atoms with Crippen molar-refractivity contribution in [2.24, 2.45) is 0 Å². The van der Waals surface area contributed by atoms with E-state index >= 15 is 0 Å². The molecule has 0 fully saturated rings. The van der Waals surface area contributed by atoms with E-state index in [-0.39, 0.29) is 0 Å². The van der Waals surface area contributed by atoms with Crippen LogP contribution in [0.2, 0.25) is 0 Å². The van der Waals surface area contributed by atoms with E-state index in [0.29, 0.717) is 5.69 Å². The summed E-state index contributed by atoms with van der Waals surface area (Å²) in [7, 11) is 0. The third-order valence-corrected chi connectivity index (χ3v) is 11.2. The van der Waals surface area contributed by atoms with Crippen molar-refractivity contribution in [1.82, 2.24) is 9.97 Å². The second-order valence-electron chi connectivity index (χ2n) is 14.5. The van der Waals surface area contributed by atoms with Crippen molar-refractivity contribution < 1.29 is 9.47 Å². The summed E-state index contributed by atoms with van der Waals surface area (Å²) in [6.07, 6.45) is 0. The van der Waals surface area contributed by atoms with Gasteiger partial charge in [-0.2, -0.15) is 0 Å². The van der Waals surface area contributed by atoms with Crippen molar-refractivity contribution in [1.29, 1.82) is 0 Å². The van der Waals surface area contributed by atoms with Crippen molar-refractivity contribution in [2.45, 2.75) is 0 Å². The van der Waals surface area contributed by atoms with E-state index in [1.165, 1.54) is 0 Å².